The monoisotopic (exact) mass is 499 g/mol. The highest BCUT2D eigenvalue weighted by Crippen LogP contribution is 2.48. The van der Waals surface area contributed by atoms with Crippen LogP contribution in [0.1, 0.15) is 11.9 Å². The standard InChI is InChI=1S/C18H20Cl3NO7S/c1-2-8-25-17-14-13(22(14)30(23,24)27-10-18(19,20)21)15-12(28-17)9-26-16(29-15)11-6-4-3-5-7-11/h2-7,12-17H,1,8-10H2/t12-,13+,14-,15-,16-,17+,22?/m1/s1. The van der Waals surface area contributed by atoms with E-state index in [9.17, 15) is 8.42 Å². The summed E-state index contributed by atoms with van der Waals surface area (Å²) in [6, 6.07) is 8.16. The summed E-state index contributed by atoms with van der Waals surface area (Å²) in [6.07, 6.45) is -1.03. The Hall–Kier alpha value is -0.460. The predicted molar refractivity (Wildman–Crippen MR) is 109 cm³/mol. The highest BCUT2D eigenvalue weighted by molar-refractivity contribution is 7.84. The van der Waals surface area contributed by atoms with Crippen LogP contribution in [0.2, 0.25) is 0 Å². The summed E-state index contributed by atoms with van der Waals surface area (Å²) in [6.45, 7) is 3.37. The Morgan fingerprint density at radius 1 is 1.20 bits per heavy atom. The zero-order valence-electron chi connectivity index (χ0n) is 15.6. The van der Waals surface area contributed by atoms with E-state index in [-0.39, 0.29) is 13.2 Å². The molecule has 0 aromatic heterocycles. The van der Waals surface area contributed by atoms with Crippen molar-refractivity contribution in [1.82, 2.24) is 4.31 Å². The molecule has 7 atom stereocenters. The molecule has 0 saturated carbocycles. The van der Waals surface area contributed by atoms with Crippen molar-refractivity contribution in [2.45, 2.75) is 40.7 Å². The van der Waals surface area contributed by atoms with E-state index in [1.807, 2.05) is 30.3 Å². The Morgan fingerprint density at radius 3 is 2.60 bits per heavy atom. The summed E-state index contributed by atoms with van der Waals surface area (Å²) >= 11 is 16.9. The Bertz CT molecular complexity index is 866. The molecule has 1 aromatic rings. The van der Waals surface area contributed by atoms with Gasteiger partial charge < -0.3 is 18.9 Å². The Kier molecular flexibility index (Phi) is 6.68. The van der Waals surface area contributed by atoms with E-state index in [0.29, 0.717) is 0 Å². The maximum absolute atomic E-state index is 12.8. The van der Waals surface area contributed by atoms with Crippen LogP contribution in [0.15, 0.2) is 43.0 Å². The zero-order chi connectivity index (χ0) is 21.5. The van der Waals surface area contributed by atoms with Gasteiger partial charge in [0.05, 0.1) is 25.3 Å². The van der Waals surface area contributed by atoms with Crippen molar-refractivity contribution in [3.05, 3.63) is 48.6 Å². The second kappa shape index (κ2) is 8.82. The summed E-state index contributed by atoms with van der Waals surface area (Å²) in [5.41, 5.74) is 0.819. The van der Waals surface area contributed by atoms with Crippen molar-refractivity contribution in [3.8, 4) is 0 Å². The second-order valence-electron chi connectivity index (χ2n) is 6.99. The van der Waals surface area contributed by atoms with Gasteiger partial charge >= 0.3 is 10.3 Å². The van der Waals surface area contributed by atoms with Crippen LogP contribution in [-0.4, -0.2) is 66.9 Å². The quantitative estimate of drug-likeness (QED) is 0.323. The average Bonchev–Trinajstić information content (AvgIpc) is 3.48. The third-order valence-corrected chi connectivity index (χ3v) is 6.66. The normalized spacial score (nSPS) is 35.9. The van der Waals surface area contributed by atoms with Crippen LogP contribution in [0.4, 0.5) is 0 Å². The number of hydrogen-bond acceptors (Lipinski definition) is 7. The molecule has 0 spiro atoms. The van der Waals surface area contributed by atoms with Gasteiger partial charge in [-0.25, -0.2) is 0 Å². The molecule has 0 aliphatic carbocycles. The number of fused-ring (bicyclic) bond motifs is 3. The molecule has 1 unspecified atom stereocenters. The molecule has 166 valence electrons. The molecule has 4 rings (SSSR count). The van der Waals surface area contributed by atoms with Crippen LogP contribution in [0.5, 0.6) is 0 Å². The molecule has 0 amide bonds. The molecule has 3 aliphatic heterocycles. The summed E-state index contributed by atoms with van der Waals surface area (Å²) in [5, 5.41) is 0. The predicted octanol–water partition coefficient (Wildman–Crippen LogP) is 2.71. The van der Waals surface area contributed by atoms with E-state index >= 15 is 0 Å². The van der Waals surface area contributed by atoms with Crippen LogP contribution < -0.4 is 0 Å². The fourth-order valence-electron chi connectivity index (χ4n) is 3.67. The number of hydrogen-bond donors (Lipinski definition) is 0. The fraction of sp³-hybridized carbons (Fsp3) is 0.556. The van der Waals surface area contributed by atoms with Gasteiger partial charge in [-0.05, 0) is 0 Å². The van der Waals surface area contributed by atoms with Crippen LogP contribution in [-0.2, 0) is 33.4 Å². The van der Waals surface area contributed by atoms with Crippen LogP contribution in [0.25, 0.3) is 0 Å². The highest BCUT2D eigenvalue weighted by Gasteiger charge is 2.69. The smallest absolute Gasteiger partial charge is 0.339 e. The van der Waals surface area contributed by atoms with E-state index < -0.39 is 57.6 Å². The third kappa shape index (κ3) is 4.80. The second-order valence-corrected chi connectivity index (χ2v) is 11.0. The summed E-state index contributed by atoms with van der Waals surface area (Å²) < 4.78 is 53.2. The van der Waals surface area contributed by atoms with Crippen molar-refractivity contribution >= 4 is 45.1 Å². The minimum absolute atomic E-state index is 0.183. The van der Waals surface area contributed by atoms with E-state index in [1.54, 1.807) is 6.08 Å². The van der Waals surface area contributed by atoms with Gasteiger partial charge in [0.25, 0.3) is 0 Å². The van der Waals surface area contributed by atoms with Gasteiger partial charge in [0, 0.05) is 5.56 Å². The largest absolute Gasteiger partial charge is 0.347 e. The number of benzene rings is 1. The molecule has 3 heterocycles. The Labute approximate surface area is 189 Å². The van der Waals surface area contributed by atoms with Gasteiger partial charge in [-0.1, -0.05) is 71.2 Å². The molecule has 0 radical (unpaired) electrons. The number of ether oxygens (including phenoxy) is 4. The van der Waals surface area contributed by atoms with E-state index in [1.165, 1.54) is 0 Å². The minimum atomic E-state index is -4.22. The third-order valence-electron chi connectivity index (χ3n) is 4.91. The van der Waals surface area contributed by atoms with E-state index in [0.717, 1.165) is 9.87 Å². The van der Waals surface area contributed by atoms with Crippen molar-refractivity contribution in [1.29, 1.82) is 0 Å². The summed E-state index contributed by atoms with van der Waals surface area (Å²) in [4.78, 5) is 0. The summed E-state index contributed by atoms with van der Waals surface area (Å²) in [5.74, 6) is 0. The van der Waals surface area contributed by atoms with Gasteiger partial charge in [-0.2, -0.15) is 12.7 Å². The lowest BCUT2D eigenvalue weighted by Gasteiger charge is -2.40. The number of alkyl halides is 3. The SMILES string of the molecule is C=CCO[C@H]1O[C@@H]2CO[C@@H](c3ccccc3)O[C@H]2[C@@H]2[C@H]1N2S(=O)(=O)OCC(Cl)(Cl)Cl. The van der Waals surface area contributed by atoms with Crippen LogP contribution in [0.3, 0.4) is 0 Å². The first-order valence-electron chi connectivity index (χ1n) is 9.16. The Balaban J connectivity index is 1.54. The molecular weight excluding hydrogens is 481 g/mol. The van der Waals surface area contributed by atoms with Gasteiger partial charge in [0.2, 0.25) is 3.79 Å². The van der Waals surface area contributed by atoms with E-state index in [4.69, 9.17) is 57.9 Å². The molecule has 0 N–H and O–H groups in total. The molecule has 30 heavy (non-hydrogen) atoms. The zero-order valence-corrected chi connectivity index (χ0v) is 18.7. The van der Waals surface area contributed by atoms with Crippen LogP contribution in [0, 0.1) is 0 Å². The van der Waals surface area contributed by atoms with Gasteiger partial charge in [0.15, 0.2) is 12.6 Å². The topological polar surface area (TPSA) is 83.3 Å². The highest BCUT2D eigenvalue weighted by atomic mass is 35.6. The molecule has 3 aliphatic rings. The molecule has 0 bridgehead atoms. The first-order valence-corrected chi connectivity index (χ1v) is 11.7. The summed E-state index contributed by atoms with van der Waals surface area (Å²) in [7, 11) is -4.22. The average molecular weight is 501 g/mol. The van der Waals surface area contributed by atoms with Gasteiger partial charge in [-0.3, -0.25) is 4.18 Å². The van der Waals surface area contributed by atoms with E-state index in [2.05, 4.69) is 6.58 Å². The van der Waals surface area contributed by atoms with Crippen molar-refractivity contribution in [2.75, 3.05) is 19.8 Å². The lowest BCUT2D eigenvalue weighted by Crippen LogP contribution is -2.52. The molecule has 3 fully saturated rings. The molecular formula is C18H20Cl3NO7S. The van der Waals surface area contributed by atoms with Crippen molar-refractivity contribution in [3.63, 3.8) is 0 Å². The van der Waals surface area contributed by atoms with Crippen molar-refractivity contribution < 1.29 is 31.5 Å². The minimum Gasteiger partial charge on any atom is -0.347 e. The first kappa shape index (κ1) is 22.7. The Morgan fingerprint density at radius 2 is 1.93 bits per heavy atom. The maximum Gasteiger partial charge on any atom is 0.339 e. The number of halogens is 3. The fourth-order valence-corrected chi connectivity index (χ4v) is 5.49. The lowest BCUT2D eigenvalue weighted by molar-refractivity contribution is -0.306. The number of nitrogens with zero attached hydrogens (tertiary/aromatic N) is 1. The van der Waals surface area contributed by atoms with Crippen LogP contribution >= 0.6 is 34.8 Å². The molecule has 1 aromatic carbocycles. The maximum atomic E-state index is 12.8. The molecule has 8 nitrogen and oxygen atoms in total. The first-order chi connectivity index (χ1) is 14.2. The molecule has 3 saturated heterocycles. The lowest BCUT2D eigenvalue weighted by atomic mass is 10.0. The van der Waals surface area contributed by atoms with Gasteiger partial charge in [-0.15, -0.1) is 6.58 Å². The van der Waals surface area contributed by atoms with Gasteiger partial charge in [0.1, 0.15) is 18.8 Å². The molecule has 12 heteroatoms. The van der Waals surface area contributed by atoms with Crippen molar-refractivity contribution in [2.24, 2.45) is 0 Å². The number of rotatable bonds is 7.